The Labute approximate surface area is 134 Å². The molecule has 6 nitrogen and oxygen atoms in total. The Morgan fingerprint density at radius 3 is 2.61 bits per heavy atom. The Balaban J connectivity index is 1.85. The van der Waals surface area contributed by atoms with Gasteiger partial charge in [0, 0.05) is 16.6 Å². The molecule has 1 aliphatic rings. The van der Waals surface area contributed by atoms with Gasteiger partial charge in [-0.05, 0) is 38.5 Å². The third kappa shape index (κ3) is 2.70. The van der Waals surface area contributed by atoms with Crippen molar-refractivity contribution in [2.24, 2.45) is 0 Å². The van der Waals surface area contributed by atoms with Crippen LogP contribution in [0.5, 0.6) is 0 Å². The lowest BCUT2D eigenvalue weighted by atomic mass is 10.1. The maximum atomic E-state index is 11.6. The fraction of sp³-hybridized carbons (Fsp3) is 0.412. The molecule has 1 aromatic heterocycles. The fourth-order valence-corrected chi connectivity index (χ4v) is 3.12. The number of aliphatic hydroxyl groups is 1. The average Bonchev–Trinajstić information content (AvgIpc) is 2.93. The molecule has 23 heavy (non-hydrogen) atoms. The van der Waals surface area contributed by atoms with Gasteiger partial charge in [0.1, 0.15) is 0 Å². The molecule has 1 aliphatic heterocycles. The Hall–Kier alpha value is -2.34. The Morgan fingerprint density at radius 2 is 1.96 bits per heavy atom. The molecule has 1 atom stereocenters. The quantitative estimate of drug-likeness (QED) is 0.839. The summed E-state index contributed by atoms with van der Waals surface area (Å²) in [4.78, 5) is 24.3. The molecule has 1 saturated heterocycles. The molecule has 3 rings (SSSR count). The minimum Gasteiger partial charge on any atom is -0.389 e. The van der Waals surface area contributed by atoms with Crippen molar-refractivity contribution in [2.75, 3.05) is 13.1 Å². The second-order valence-electron chi connectivity index (χ2n) is 6.16. The van der Waals surface area contributed by atoms with Crippen molar-refractivity contribution in [3.05, 3.63) is 35.0 Å². The Morgan fingerprint density at radius 1 is 1.22 bits per heavy atom. The first-order chi connectivity index (χ1) is 10.9. The van der Waals surface area contributed by atoms with Crippen LogP contribution in [0.1, 0.15) is 16.8 Å². The van der Waals surface area contributed by atoms with Crippen LogP contribution in [0.2, 0.25) is 0 Å². The topological polar surface area (TPSA) is 74.6 Å². The molecular weight excluding hydrogens is 294 g/mol. The highest BCUT2D eigenvalue weighted by atomic mass is 16.3. The molecular formula is C17H21N3O3. The Bertz CT molecular complexity index is 778. The molecule has 1 aromatic carbocycles. The molecule has 0 aliphatic carbocycles. The maximum Gasteiger partial charge on any atom is 0.324 e. The van der Waals surface area contributed by atoms with E-state index in [4.69, 9.17) is 0 Å². The van der Waals surface area contributed by atoms with E-state index < -0.39 is 12.1 Å². The average molecular weight is 315 g/mol. The number of amides is 3. The van der Waals surface area contributed by atoms with Crippen molar-refractivity contribution >= 4 is 22.8 Å². The minimum atomic E-state index is -0.808. The van der Waals surface area contributed by atoms with Gasteiger partial charge in [-0.1, -0.05) is 11.6 Å². The van der Waals surface area contributed by atoms with E-state index in [1.807, 2.05) is 23.6 Å². The van der Waals surface area contributed by atoms with Crippen molar-refractivity contribution in [1.29, 1.82) is 0 Å². The van der Waals surface area contributed by atoms with Crippen LogP contribution in [0.25, 0.3) is 10.9 Å². The van der Waals surface area contributed by atoms with Crippen LogP contribution >= 0.6 is 0 Å². The van der Waals surface area contributed by atoms with E-state index in [9.17, 15) is 14.7 Å². The van der Waals surface area contributed by atoms with E-state index in [1.54, 1.807) is 0 Å². The number of imide groups is 1. The first kappa shape index (κ1) is 15.6. The van der Waals surface area contributed by atoms with Gasteiger partial charge in [-0.3, -0.25) is 9.69 Å². The van der Waals surface area contributed by atoms with Gasteiger partial charge >= 0.3 is 6.03 Å². The number of nitrogens with zero attached hydrogens (tertiary/aromatic N) is 2. The molecule has 122 valence electrons. The highest BCUT2D eigenvalue weighted by molar-refractivity contribution is 6.01. The van der Waals surface area contributed by atoms with E-state index in [2.05, 4.69) is 25.2 Å². The molecule has 0 bridgehead atoms. The molecule has 2 N–H and O–H groups in total. The third-order valence-corrected chi connectivity index (χ3v) is 4.52. The first-order valence-corrected chi connectivity index (χ1v) is 7.70. The van der Waals surface area contributed by atoms with E-state index in [0.717, 1.165) is 16.1 Å². The van der Waals surface area contributed by atoms with Crippen LogP contribution in [-0.4, -0.2) is 45.7 Å². The first-order valence-electron chi connectivity index (χ1n) is 7.70. The summed E-state index contributed by atoms with van der Waals surface area (Å²) >= 11 is 0. The molecule has 1 fully saturated rings. The molecule has 0 saturated carbocycles. The number of rotatable bonds is 4. The number of nitrogens with one attached hydrogen (secondary N) is 1. The van der Waals surface area contributed by atoms with Crippen LogP contribution in [0.3, 0.4) is 0 Å². The highest BCUT2D eigenvalue weighted by Crippen LogP contribution is 2.26. The lowest BCUT2D eigenvalue weighted by molar-refractivity contribution is -0.126. The van der Waals surface area contributed by atoms with Crippen LogP contribution in [0.4, 0.5) is 4.79 Å². The van der Waals surface area contributed by atoms with E-state index in [-0.39, 0.29) is 19.0 Å². The van der Waals surface area contributed by atoms with Gasteiger partial charge in [-0.15, -0.1) is 0 Å². The number of hydrogen-bond acceptors (Lipinski definition) is 3. The fourth-order valence-electron chi connectivity index (χ4n) is 3.12. The number of aromatic nitrogens is 1. The maximum absolute atomic E-state index is 11.6. The molecule has 2 aromatic rings. The summed E-state index contributed by atoms with van der Waals surface area (Å²) < 4.78 is 2.05. The van der Waals surface area contributed by atoms with E-state index in [1.165, 1.54) is 16.5 Å². The second-order valence-corrected chi connectivity index (χ2v) is 6.16. The minimum absolute atomic E-state index is 0.00862. The number of aryl methyl sites for hydroxylation is 2. The van der Waals surface area contributed by atoms with Gasteiger partial charge in [-0.2, -0.15) is 0 Å². The normalized spacial score (nSPS) is 16.3. The second kappa shape index (κ2) is 5.70. The highest BCUT2D eigenvalue weighted by Gasteiger charge is 2.30. The number of carbonyl (C=O) groups excluding carboxylic acids is 2. The molecule has 0 unspecified atom stereocenters. The smallest absolute Gasteiger partial charge is 0.324 e. The van der Waals surface area contributed by atoms with Crippen molar-refractivity contribution in [3.8, 4) is 0 Å². The summed E-state index contributed by atoms with van der Waals surface area (Å²) in [5, 5.41) is 14.0. The number of aliphatic hydroxyl groups excluding tert-OH is 1. The van der Waals surface area contributed by atoms with Crippen molar-refractivity contribution in [2.45, 2.75) is 33.4 Å². The standard InChI is InChI=1S/C17H21N3O3/c1-10-4-5-15-14(6-10)11(2)12(3)19(15)8-13(21)9-20-16(22)7-18-17(20)23/h4-6,13,21H,7-9H2,1-3H3,(H,18,23)/t13-/m0/s1. The van der Waals surface area contributed by atoms with Crippen molar-refractivity contribution in [1.82, 2.24) is 14.8 Å². The monoisotopic (exact) mass is 315 g/mol. The lowest BCUT2D eigenvalue weighted by Gasteiger charge is -2.19. The number of carbonyl (C=O) groups is 2. The number of fused-ring (bicyclic) bond motifs is 1. The van der Waals surface area contributed by atoms with Gasteiger partial charge in [0.15, 0.2) is 0 Å². The molecule has 6 heteroatoms. The summed E-state index contributed by atoms with van der Waals surface area (Å²) in [5.41, 5.74) is 4.52. The molecule has 2 heterocycles. The predicted octanol–water partition coefficient (Wildman–Crippen LogP) is 1.48. The van der Waals surface area contributed by atoms with Crippen LogP contribution in [-0.2, 0) is 11.3 Å². The van der Waals surface area contributed by atoms with Gasteiger partial charge in [-0.25, -0.2) is 4.79 Å². The molecule has 3 amide bonds. The lowest BCUT2D eigenvalue weighted by Crippen LogP contribution is -2.39. The van der Waals surface area contributed by atoms with Gasteiger partial charge in [0.2, 0.25) is 5.91 Å². The Kier molecular flexibility index (Phi) is 3.85. The molecule has 0 spiro atoms. The van der Waals surface area contributed by atoms with Crippen LogP contribution < -0.4 is 5.32 Å². The van der Waals surface area contributed by atoms with E-state index >= 15 is 0 Å². The van der Waals surface area contributed by atoms with Gasteiger partial charge in [0.05, 0.1) is 25.7 Å². The van der Waals surface area contributed by atoms with E-state index in [0.29, 0.717) is 6.54 Å². The van der Waals surface area contributed by atoms with Crippen molar-refractivity contribution < 1.29 is 14.7 Å². The number of benzene rings is 1. The zero-order valence-electron chi connectivity index (χ0n) is 13.6. The SMILES string of the molecule is Cc1ccc2c(c1)c(C)c(C)n2C[C@H](O)CN1C(=O)CNC1=O. The zero-order chi connectivity index (χ0) is 16.7. The molecule has 0 radical (unpaired) electrons. The predicted molar refractivity (Wildman–Crippen MR) is 87.3 cm³/mol. The summed E-state index contributed by atoms with van der Waals surface area (Å²) in [7, 11) is 0. The van der Waals surface area contributed by atoms with Gasteiger partial charge < -0.3 is 15.0 Å². The number of hydrogen-bond donors (Lipinski definition) is 2. The van der Waals surface area contributed by atoms with Gasteiger partial charge in [0.25, 0.3) is 0 Å². The summed E-state index contributed by atoms with van der Waals surface area (Å²) in [5.74, 6) is -0.296. The zero-order valence-corrected chi connectivity index (χ0v) is 13.6. The summed E-state index contributed by atoms with van der Waals surface area (Å²) in [6.45, 7) is 6.50. The van der Waals surface area contributed by atoms with Crippen LogP contribution in [0.15, 0.2) is 18.2 Å². The number of urea groups is 1. The third-order valence-electron chi connectivity index (χ3n) is 4.52. The summed E-state index contributed by atoms with van der Waals surface area (Å²) in [6, 6.07) is 5.79. The summed E-state index contributed by atoms with van der Waals surface area (Å²) in [6.07, 6.45) is -0.808. The van der Waals surface area contributed by atoms with Crippen LogP contribution in [0, 0.1) is 20.8 Å². The van der Waals surface area contributed by atoms with Crippen molar-refractivity contribution in [3.63, 3.8) is 0 Å². The largest absolute Gasteiger partial charge is 0.389 e. The number of β-amino-alcohol motifs (C(OH)–C–C–N with tert-alkyl or cyclic N) is 1.